The summed E-state index contributed by atoms with van der Waals surface area (Å²) in [4.78, 5) is 18.8. The minimum Gasteiger partial charge on any atom is -0.454 e. The lowest BCUT2D eigenvalue weighted by atomic mass is 10.0. The van der Waals surface area contributed by atoms with Crippen molar-refractivity contribution in [3.05, 3.63) is 53.6 Å². The van der Waals surface area contributed by atoms with Gasteiger partial charge in [-0.1, -0.05) is 24.3 Å². The van der Waals surface area contributed by atoms with Crippen molar-refractivity contribution in [2.24, 2.45) is 4.99 Å². The lowest BCUT2D eigenvalue weighted by Crippen LogP contribution is -2.46. The second-order valence-corrected chi connectivity index (χ2v) is 7.07. The molecule has 2 N–H and O–H groups in total. The number of aliphatic imine (C=N–C) groups is 1. The quantitative estimate of drug-likeness (QED) is 0.359. The molecule has 2 aliphatic heterocycles. The van der Waals surface area contributed by atoms with Gasteiger partial charge in [0.15, 0.2) is 17.5 Å². The van der Waals surface area contributed by atoms with Crippen molar-refractivity contribution in [2.45, 2.75) is 19.3 Å². The minimum atomic E-state index is 0. The van der Waals surface area contributed by atoms with E-state index in [2.05, 4.69) is 21.7 Å². The van der Waals surface area contributed by atoms with Crippen LogP contribution in [0, 0.1) is 0 Å². The van der Waals surface area contributed by atoms with E-state index in [4.69, 9.17) is 9.47 Å². The largest absolute Gasteiger partial charge is 0.454 e. The molecule has 2 aromatic rings. The first-order valence-electron chi connectivity index (χ1n) is 9.96. The van der Waals surface area contributed by atoms with Gasteiger partial charge in [-0.2, -0.15) is 0 Å². The Bertz CT molecular complexity index is 919. The first kappa shape index (κ1) is 22.2. The molecule has 0 saturated heterocycles. The van der Waals surface area contributed by atoms with Crippen LogP contribution in [0.25, 0.3) is 0 Å². The number of rotatable bonds is 5. The topological polar surface area (TPSA) is 75.2 Å². The molecule has 160 valence electrons. The van der Waals surface area contributed by atoms with Gasteiger partial charge < -0.3 is 25.0 Å². The summed E-state index contributed by atoms with van der Waals surface area (Å²) in [6.45, 7) is 1.94. The maximum absolute atomic E-state index is 12.7. The summed E-state index contributed by atoms with van der Waals surface area (Å²) >= 11 is 0. The SMILES string of the molecule is CN=C(NCCc1ccc2c(c1)OCO2)NCC(=O)N1CCCc2ccccc21.I. The molecule has 2 aliphatic rings. The van der Waals surface area contributed by atoms with Crippen molar-refractivity contribution >= 4 is 41.5 Å². The number of ether oxygens (including phenoxy) is 2. The van der Waals surface area contributed by atoms with Crippen LogP contribution in [0.15, 0.2) is 47.5 Å². The Morgan fingerprint density at radius 1 is 1.13 bits per heavy atom. The molecule has 0 unspecified atom stereocenters. The standard InChI is InChI=1S/C22H26N4O3.HI/c1-23-22(24-11-10-16-8-9-19-20(13-16)29-15-28-19)25-14-21(27)26-12-4-6-17-5-2-3-7-18(17)26;/h2-3,5,7-9,13H,4,6,10-12,14-15H2,1H3,(H2,23,24,25);1H. The van der Waals surface area contributed by atoms with Gasteiger partial charge in [0.05, 0.1) is 6.54 Å². The molecule has 0 aliphatic carbocycles. The number of fused-ring (bicyclic) bond motifs is 2. The van der Waals surface area contributed by atoms with E-state index in [0.717, 1.165) is 48.6 Å². The third-order valence-corrected chi connectivity index (χ3v) is 5.19. The number of carbonyl (C=O) groups excluding carboxylic acids is 1. The van der Waals surface area contributed by atoms with Gasteiger partial charge in [0.1, 0.15) is 0 Å². The number of amides is 1. The van der Waals surface area contributed by atoms with E-state index in [-0.39, 0.29) is 43.2 Å². The maximum atomic E-state index is 12.7. The van der Waals surface area contributed by atoms with Gasteiger partial charge in [-0.25, -0.2) is 0 Å². The Balaban J connectivity index is 0.00000256. The van der Waals surface area contributed by atoms with E-state index < -0.39 is 0 Å². The Labute approximate surface area is 193 Å². The third-order valence-electron chi connectivity index (χ3n) is 5.19. The van der Waals surface area contributed by atoms with Gasteiger partial charge in [-0.15, -0.1) is 24.0 Å². The fourth-order valence-electron chi connectivity index (χ4n) is 3.69. The zero-order valence-electron chi connectivity index (χ0n) is 17.0. The number of benzene rings is 2. The molecule has 2 heterocycles. The summed E-state index contributed by atoms with van der Waals surface area (Å²) in [6.07, 6.45) is 2.83. The van der Waals surface area contributed by atoms with E-state index in [1.54, 1.807) is 7.05 Å². The Morgan fingerprint density at radius 2 is 1.97 bits per heavy atom. The Hall–Kier alpha value is -2.49. The summed E-state index contributed by atoms with van der Waals surface area (Å²) < 4.78 is 10.8. The van der Waals surface area contributed by atoms with Crippen LogP contribution >= 0.6 is 24.0 Å². The molecule has 4 rings (SSSR count). The molecule has 0 radical (unpaired) electrons. The maximum Gasteiger partial charge on any atom is 0.246 e. The van der Waals surface area contributed by atoms with Crippen LogP contribution < -0.4 is 25.0 Å². The van der Waals surface area contributed by atoms with Crippen molar-refractivity contribution in [2.75, 3.05) is 38.4 Å². The van der Waals surface area contributed by atoms with Gasteiger partial charge in [-0.3, -0.25) is 9.79 Å². The van der Waals surface area contributed by atoms with Crippen molar-refractivity contribution in [3.63, 3.8) is 0 Å². The fraction of sp³-hybridized carbons (Fsp3) is 0.364. The highest BCUT2D eigenvalue weighted by atomic mass is 127. The summed E-state index contributed by atoms with van der Waals surface area (Å²) in [5.74, 6) is 2.25. The molecule has 0 spiro atoms. The van der Waals surface area contributed by atoms with Crippen LogP contribution in [0.2, 0.25) is 0 Å². The predicted molar refractivity (Wildman–Crippen MR) is 128 cm³/mol. The monoisotopic (exact) mass is 522 g/mol. The smallest absolute Gasteiger partial charge is 0.246 e. The highest BCUT2D eigenvalue weighted by Crippen LogP contribution is 2.32. The second kappa shape index (κ2) is 10.5. The molecule has 0 saturated carbocycles. The fourth-order valence-corrected chi connectivity index (χ4v) is 3.69. The van der Waals surface area contributed by atoms with Crippen molar-refractivity contribution in [3.8, 4) is 11.5 Å². The molecule has 0 aromatic heterocycles. The molecule has 0 bridgehead atoms. The predicted octanol–water partition coefficient (Wildman–Crippen LogP) is 2.72. The van der Waals surface area contributed by atoms with E-state index in [9.17, 15) is 4.79 Å². The number of guanidine groups is 1. The molecule has 1 amide bonds. The number of halogens is 1. The molecule has 7 nitrogen and oxygen atoms in total. The number of hydrogen-bond donors (Lipinski definition) is 2. The summed E-state index contributed by atoms with van der Waals surface area (Å²) in [7, 11) is 1.70. The Kier molecular flexibility index (Phi) is 7.78. The average molecular weight is 522 g/mol. The van der Waals surface area contributed by atoms with Crippen LogP contribution in [0.3, 0.4) is 0 Å². The van der Waals surface area contributed by atoms with Crippen molar-refractivity contribution < 1.29 is 14.3 Å². The molecule has 8 heteroatoms. The van der Waals surface area contributed by atoms with E-state index in [1.807, 2.05) is 41.3 Å². The van der Waals surface area contributed by atoms with Gasteiger partial charge in [0.2, 0.25) is 12.7 Å². The first-order valence-corrected chi connectivity index (χ1v) is 9.96. The lowest BCUT2D eigenvalue weighted by Gasteiger charge is -2.29. The van der Waals surface area contributed by atoms with Crippen molar-refractivity contribution in [1.82, 2.24) is 10.6 Å². The zero-order valence-corrected chi connectivity index (χ0v) is 19.3. The highest BCUT2D eigenvalue weighted by Gasteiger charge is 2.22. The van der Waals surface area contributed by atoms with Crippen LogP contribution in [0.1, 0.15) is 17.5 Å². The summed E-state index contributed by atoms with van der Waals surface area (Å²) in [5.41, 5.74) is 3.41. The van der Waals surface area contributed by atoms with Gasteiger partial charge in [0, 0.05) is 25.8 Å². The first-order chi connectivity index (χ1) is 14.2. The molecule has 30 heavy (non-hydrogen) atoms. The number of para-hydroxylation sites is 1. The van der Waals surface area contributed by atoms with Gasteiger partial charge in [0.25, 0.3) is 0 Å². The second-order valence-electron chi connectivity index (χ2n) is 7.07. The number of carbonyl (C=O) groups is 1. The van der Waals surface area contributed by atoms with Crippen LogP contribution in [0.4, 0.5) is 5.69 Å². The van der Waals surface area contributed by atoms with Crippen LogP contribution in [-0.2, 0) is 17.6 Å². The van der Waals surface area contributed by atoms with E-state index in [1.165, 1.54) is 5.56 Å². The number of nitrogens with one attached hydrogen (secondary N) is 2. The van der Waals surface area contributed by atoms with Crippen LogP contribution in [0.5, 0.6) is 11.5 Å². The summed E-state index contributed by atoms with van der Waals surface area (Å²) in [5, 5.41) is 6.39. The van der Waals surface area contributed by atoms with E-state index >= 15 is 0 Å². The van der Waals surface area contributed by atoms with Gasteiger partial charge >= 0.3 is 0 Å². The van der Waals surface area contributed by atoms with Gasteiger partial charge in [-0.05, 0) is 48.6 Å². The number of aryl methyl sites for hydroxylation is 1. The molecule has 2 aromatic carbocycles. The highest BCUT2D eigenvalue weighted by molar-refractivity contribution is 14.0. The van der Waals surface area contributed by atoms with E-state index in [0.29, 0.717) is 12.5 Å². The molecule has 0 atom stereocenters. The third kappa shape index (κ3) is 5.16. The number of anilines is 1. The molecular formula is C22H27IN4O3. The zero-order chi connectivity index (χ0) is 20.1. The minimum absolute atomic E-state index is 0. The van der Waals surface area contributed by atoms with Crippen LogP contribution in [-0.4, -0.2) is 45.3 Å². The number of nitrogens with zero attached hydrogens (tertiary/aromatic N) is 2. The number of hydrogen-bond acceptors (Lipinski definition) is 4. The lowest BCUT2D eigenvalue weighted by molar-refractivity contribution is -0.117. The molecule has 0 fully saturated rings. The van der Waals surface area contributed by atoms with Crippen molar-refractivity contribution in [1.29, 1.82) is 0 Å². The molecular weight excluding hydrogens is 495 g/mol. The normalized spacial score (nSPS) is 14.6. The summed E-state index contributed by atoms with van der Waals surface area (Å²) in [6, 6.07) is 14.1. The average Bonchev–Trinajstić information content (AvgIpc) is 3.23. The Morgan fingerprint density at radius 3 is 2.83 bits per heavy atom.